The quantitative estimate of drug-likeness (QED) is 0.199. The van der Waals surface area contributed by atoms with Gasteiger partial charge in [-0.25, -0.2) is 4.98 Å². The maximum Gasteiger partial charge on any atom is 0.289 e. The molecule has 2 aromatic rings. The van der Waals surface area contributed by atoms with Crippen molar-refractivity contribution in [2.75, 3.05) is 31.2 Å². The lowest BCUT2D eigenvalue weighted by Crippen LogP contribution is -2.57. The summed E-state index contributed by atoms with van der Waals surface area (Å²) >= 11 is 0. The summed E-state index contributed by atoms with van der Waals surface area (Å²) in [6.45, 7) is 12.8. The van der Waals surface area contributed by atoms with Crippen LogP contribution in [0.3, 0.4) is 0 Å². The third-order valence-corrected chi connectivity index (χ3v) is 6.89. The van der Waals surface area contributed by atoms with Gasteiger partial charge in [-0.15, -0.1) is 0 Å². The molecule has 43 heavy (non-hydrogen) atoms. The number of hydrogen-bond acceptors (Lipinski definition) is 8. The second kappa shape index (κ2) is 15.6. The van der Waals surface area contributed by atoms with Crippen LogP contribution in [0.1, 0.15) is 43.6 Å². The van der Waals surface area contributed by atoms with Gasteiger partial charge in [-0.1, -0.05) is 50.8 Å². The van der Waals surface area contributed by atoms with Crippen LogP contribution in [0.5, 0.6) is 0 Å². The number of carbonyl (C=O) groups excluding carboxylic acids is 5. The molecule has 2 heterocycles. The van der Waals surface area contributed by atoms with Gasteiger partial charge >= 0.3 is 0 Å². The minimum absolute atomic E-state index is 0.165. The fourth-order valence-electron chi connectivity index (χ4n) is 4.33. The molecule has 1 aliphatic rings. The number of Topliss-reactive ketones (excluding diaryl/α,β-unsaturated/α-hetero) is 1. The van der Waals surface area contributed by atoms with Crippen LogP contribution >= 0.6 is 0 Å². The number of rotatable bonds is 13. The van der Waals surface area contributed by atoms with E-state index in [9.17, 15) is 24.0 Å². The van der Waals surface area contributed by atoms with Gasteiger partial charge in [0.15, 0.2) is 0 Å². The van der Waals surface area contributed by atoms with E-state index in [1.165, 1.54) is 13.1 Å². The Bertz CT molecular complexity index is 1330. The molecule has 1 saturated heterocycles. The van der Waals surface area contributed by atoms with Crippen molar-refractivity contribution in [1.29, 1.82) is 0 Å². The van der Waals surface area contributed by atoms with Crippen molar-refractivity contribution >= 4 is 35.2 Å². The highest BCUT2D eigenvalue weighted by atomic mass is 16.5. The van der Waals surface area contributed by atoms with Gasteiger partial charge in [-0.2, -0.15) is 0 Å². The first-order valence-electron chi connectivity index (χ1n) is 14.2. The smallest absolute Gasteiger partial charge is 0.289 e. The largest absolute Gasteiger partial charge is 0.378 e. The highest BCUT2D eigenvalue weighted by Gasteiger charge is 2.32. The van der Waals surface area contributed by atoms with Crippen LogP contribution < -0.4 is 26.2 Å². The van der Waals surface area contributed by atoms with Crippen LogP contribution in [0.25, 0.3) is 0 Å². The number of hydrogen-bond donors (Lipinski definition) is 4. The van der Waals surface area contributed by atoms with Gasteiger partial charge in [0.05, 0.1) is 19.3 Å². The molecule has 3 rings (SSSR count). The zero-order chi connectivity index (χ0) is 31.5. The highest BCUT2D eigenvalue weighted by molar-refractivity contribution is 6.38. The Labute approximate surface area is 251 Å². The Balaban J connectivity index is 1.59. The Kier molecular flexibility index (Phi) is 11.9. The van der Waals surface area contributed by atoms with Gasteiger partial charge in [-0.05, 0) is 43.0 Å². The summed E-state index contributed by atoms with van der Waals surface area (Å²) in [5.74, 6) is -3.21. The van der Waals surface area contributed by atoms with Gasteiger partial charge in [0, 0.05) is 31.4 Å². The molecule has 1 aliphatic heterocycles. The predicted molar refractivity (Wildman–Crippen MR) is 161 cm³/mol. The fraction of sp³-hybridized carbons (Fsp3) is 0.419. The van der Waals surface area contributed by atoms with Gasteiger partial charge < -0.3 is 30.9 Å². The third-order valence-electron chi connectivity index (χ3n) is 6.89. The molecule has 0 spiro atoms. The van der Waals surface area contributed by atoms with Crippen LogP contribution in [-0.2, 0) is 30.5 Å². The van der Waals surface area contributed by atoms with Crippen molar-refractivity contribution in [2.24, 2.45) is 5.92 Å². The molecular weight excluding hydrogens is 552 g/mol. The van der Waals surface area contributed by atoms with Crippen LogP contribution in [0.4, 0.5) is 5.82 Å². The number of carbonyl (C=O) groups is 5. The molecule has 0 unspecified atom stereocenters. The number of morpholine rings is 1. The first-order chi connectivity index (χ1) is 20.5. The number of aromatic nitrogens is 1. The van der Waals surface area contributed by atoms with Crippen LogP contribution in [0, 0.1) is 5.92 Å². The van der Waals surface area contributed by atoms with Gasteiger partial charge in [0.1, 0.15) is 17.9 Å². The lowest BCUT2D eigenvalue weighted by molar-refractivity contribution is -0.141. The monoisotopic (exact) mass is 592 g/mol. The summed E-state index contributed by atoms with van der Waals surface area (Å²) in [5, 5.41) is 10.4. The van der Waals surface area contributed by atoms with E-state index in [1.54, 1.807) is 32.9 Å². The number of pyridine rings is 1. The standard InChI is InChI=1S/C31H40N6O6/c1-19(2)25(27(38)31(42)33-18-22-9-7-6-8-10-22)35-28(39)21(5)34-30(41)26(20(3)4)36-29(40)23-11-12-32-24(17-23)37-13-15-43-16-14-37/h6-12,17,19,21,25-26H,3,13-16,18H2,1-2,4-5H3,(H,33,42)(H,34,41)(H,35,39)(H,36,40)/t21-,25-,26-/m0/s1. The molecule has 230 valence electrons. The summed E-state index contributed by atoms with van der Waals surface area (Å²) in [6, 6.07) is 8.99. The number of nitrogens with one attached hydrogen (secondary N) is 4. The number of anilines is 1. The van der Waals surface area contributed by atoms with E-state index in [0.717, 1.165) is 5.56 Å². The molecule has 3 atom stereocenters. The first-order valence-corrected chi connectivity index (χ1v) is 14.2. The molecule has 4 amide bonds. The number of benzene rings is 1. The van der Waals surface area contributed by atoms with Crippen LogP contribution in [-0.4, -0.2) is 78.8 Å². The topological polar surface area (TPSA) is 159 Å². The molecule has 1 aromatic heterocycles. The number of nitrogens with zero attached hydrogens (tertiary/aromatic N) is 2. The maximum atomic E-state index is 13.1. The third kappa shape index (κ3) is 9.47. The summed E-state index contributed by atoms with van der Waals surface area (Å²) in [6.07, 6.45) is 1.52. The first kappa shape index (κ1) is 32.9. The molecule has 12 heteroatoms. The van der Waals surface area contributed by atoms with Crippen molar-refractivity contribution in [3.8, 4) is 0 Å². The average molecular weight is 593 g/mol. The summed E-state index contributed by atoms with van der Waals surface area (Å²) < 4.78 is 5.37. The molecule has 0 radical (unpaired) electrons. The van der Waals surface area contributed by atoms with E-state index in [1.807, 2.05) is 35.2 Å². The molecule has 12 nitrogen and oxygen atoms in total. The average Bonchev–Trinajstić information content (AvgIpc) is 3.01. The minimum atomic E-state index is -1.13. The van der Waals surface area contributed by atoms with Crippen molar-refractivity contribution in [3.05, 3.63) is 71.9 Å². The van der Waals surface area contributed by atoms with Gasteiger partial charge in [-0.3, -0.25) is 24.0 Å². The SMILES string of the molecule is C=C(C)[C@H](NC(=O)c1ccnc(N2CCOCC2)c1)C(=O)N[C@@H](C)C(=O)N[C@H](C(=O)C(=O)NCc1ccccc1)C(C)C. The molecule has 0 saturated carbocycles. The number of ether oxygens (including phenoxy) is 1. The lowest BCUT2D eigenvalue weighted by Gasteiger charge is -2.28. The Morgan fingerprint density at radius 1 is 0.953 bits per heavy atom. The second-order valence-electron chi connectivity index (χ2n) is 10.7. The van der Waals surface area contributed by atoms with Crippen molar-refractivity contribution in [2.45, 2.75) is 52.4 Å². The van der Waals surface area contributed by atoms with Gasteiger partial charge in [0.25, 0.3) is 11.8 Å². The highest BCUT2D eigenvalue weighted by Crippen LogP contribution is 2.15. The molecule has 4 N–H and O–H groups in total. The maximum absolute atomic E-state index is 13.1. The Morgan fingerprint density at radius 3 is 2.26 bits per heavy atom. The summed E-state index contributed by atoms with van der Waals surface area (Å²) in [4.78, 5) is 70.9. The zero-order valence-electron chi connectivity index (χ0n) is 25.0. The molecule has 1 fully saturated rings. The second-order valence-corrected chi connectivity index (χ2v) is 10.7. The lowest BCUT2D eigenvalue weighted by atomic mass is 9.98. The molecule has 0 aliphatic carbocycles. The van der Waals surface area contributed by atoms with E-state index < -0.39 is 53.5 Å². The Hall–Kier alpha value is -4.58. The normalized spacial score (nSPS) is 15.0. The van der Waals surface area contributed by atoms with E-state index in [-0.39, 0.29) is 6.54 Å². The van der Waals surface area contributed by atoms with Crippen molar-refractivity contribution < 1.29 is 28.7 Å². The van der Waals surface area contributed by atoms with E-state index in [4.69, 9.17) is 4.74 Å². The molecular formula is C31H40N6O6. The van der Waals surface area contributed by atoms with Crippen LogP contribution in [0.15, 0.2) is 60.8 Å². The van der Waals surface area contributed by atoms with Crippen molar-refractivity contribution in [3.63, 3.8) is 0 Å². The van der Waals surface area contributed by atoms with Crippen molar-refractivity contribution in [1.82, 2.24) is 26.3 Å². The fourth-order valence-corrected chi connectivity index (χ4v) is 4.33. The summed E-state index contributed by atoms with van der Waals surface area (Å²) in [7, 11) is 0. The van der Waals surface area contributed by atoms with Crippen LogP contribution in [0.2, 0.25) is 0 Å². The molecule has 1 aromatic carbocycles. The predicted octanol–water partition coefficient (Wildman–Crippen LogP) is 1.12. The summed E-state index contributed by atoms with van der Waals surface area (Å²) in [5.41, 5.74) is 1.49. The number of ketones is 1. The zero-order valence-corrected chi connectivity index (χ0v) is 25.0. The Morgan fingerprint density at radius 2 is 1.63 bits per heavy atom. The molecule has 0 bridgehead atoms. The van der Waals surface area contributed by atoms with Gasteiger partial charge in [0.2, 0.25) is 17.6 Å². The van der Waals surface area contributed by atoms with E-state index in [2.05, 4.69) is 32.8 Å². The number of amides is 4. The van der Waals surface area contributed by atoms with E-state index in [0.29, 0.717) is 43.3 Å². The minimum Gasteiger partial charge on any atom is -0.378 e. The van der Waals surface area contributed by atoms with E-state index >= 15 is 0 Å².